The lowest BCUT2D eigenvalue weighted by molar-refractivity contribution is 0.0935. The highest BCUT2D eigenvalue weighted by Gasteiger charge is 2.29. The van der Waals surface area contributed by atoms with Crippen LogP contribution in [0.5, 0.6) is 5.75 Å². The van der Waals surface area contributed by atoms with Gasteiger partial charge in [0.2, 0.25) is 0 Å². The van der Waals surface area contributed by atoms with Crippen molar-refractivity contribution >= 4 is 22.5 Å². The Bertz CT molecular complexity index is 1010. The molecule has 0 fully saturated rings. The Hall–Kier alpha value is -3.41. The average molecular weight is 362 g/mol. The number of hydrogen-bond acceptors (Lipinski definition) is 4. The molecule has 0 radical (unpaired) electrons. The van der Waals surface area contributed by atoms with Crippen LogP contribution in [0.2, 0.25) is 0 Å². The van der Waals surface area contributed by atoms with Gasteiger partial charge < -0.3 is 15.0 Å². The molecule has 3 aromatic rings. The molecule has 27 heavy (non-hydrogen) atoms. The molecule has 1 aliphatic rings. The molecule has 6 nitrogen and oxygen atoms in total. The molecule has 2 aromatic carbocycles. The van der Waals surface area contributed by atoms with Crippen LogP contribution in [0, 0.1) is 0 Å². The third-order valence-electron chi connectivity index (χ3n) is 4.87. The molecule has 2 N–H and O–H groups in total. The Balaban J connectivity index is 1.59. The number of methoxy groups -OCH3 is 1. The molecule has 1 unspecified atom stereocenters. The minimum absolute atomic E-state index is 0.157. The predicted octanol–water partition coefficient (Wildman–Crippen LogP) is 3.50. The maximum Gasteiger partial charge on any atom is 0.269 e. The van der Waals surface area contributed by atoms with Gasteiger partial charge in [0.05, 0.1) is 12.8 Å². The predicted molar refractivity (Wildman–Crippen MR) is 107 cm³/mol. The number of hydrogen-bond donors (Lipinski definition) is 2. The molecule has 1 aliphatic heterocycles. The molecule has 1 aromatic heterocycles. The first kappa shape index (κ1) is 17.0. The quantitative estimate of drug-likeness (QED) is 0.746. The third kappa shape index (κ3) is 3.10. The van der Waals surface area contributed by atoms with Crippen LogP contribution in [0.15, 0.2) is 66.4 Å². The number of para-hydroxylation sites is 1. The number of ether oxygens (including phenoxy) is 1. The molecule has 1 atom stereocenters. The maximum atomic E-state index is 12.9. The Morgan fingerprint density at radius 2 is 1.93 bits per heavy atom. The number of carbonyl (C=O) groups excluding carboxylic acids is 1. The monoisotopic (exact) mass is 362 g/mol. The van der Waals surface area contributed by atoms with E-state index in [1.54, 1.807) is 7.11 Å². The second-order valence-electron chi connectivity index (χ2n) is 6.57. The van der Waals surface area contributed by atoms with E-state index >= 15 is 0 Å². The smallest absolute Gasteiger partial charge is 0.269 e. The van der Waals surface area contributed by atoms with Gasteiger partial charge in [-0.2, -0.15) is 0 Å². The van der Waals surface area contributed by atoms with E-state index in [0.29, 0.717) is 5.69 Å². The molecule has 0 aliphatic carbocycles. The lowest BCUT2D eigenvalue weighted by atomic mass is 10.2. The molecule has 6 heteroatoms. The van der Waals surface area contributed by atoms with E-state index in [1.165, 1.54) is 0 Å². The van der Waals surface area contributed by atoms with Gasteiger partial charge in [0, 0.05) is 23.6 Å². The molecule has 0 spiro atoms. The van der Waals surface area contributed by atoms with Gasteiger partial charge >= 0.3 is 0 Å². The summed E-state index contributed by atoms with van der Waals surface area (Å²) in [4.78, 5) is 16.0. The summed E-state index contributed by atoms with van der Waals surface area (Å²) < 4.78 is 5.25. The molecular weight excluding hydrogens is 340 g/mol. The van der Waals surface area contributed by atoms with Crippen LogP contribution in [-0.2, 0) is 0 Å². The van der Waals surface area contributed by atoms with Crippen molar-refractivity contribution in [3.63, 3.8) is 0 Å². The fourth-order valence-electron chi connectivity index (χ4n) is 3.35. The zero-order valence-corrected chi connectivity index (χ0v) is 15.6. The fraction of sp³-hybridized carbons (Fsp3) is 0.190. The van der Waals surface area contributed by atoms with Gasteiger partial charge in [0.15, 0.2) is 0 Å². The number of aromatic nitrogens is 1. The van der Waals surface area contributed by atoms with E-state index in [1.807, 2.05) is 79.7 Å². The molecule has 1 amide bonds. The van der Waals surface area contributed by atoms with Crippen LogP contribution in [0.3, 0.4) is 0 Å². The number of hydrazine groups is 1. The number of carbonyl (C=O) groups is 1. The number of aromatic amines is 1. The Labute approximate surface area is 158 Å². The van der Waals surface area contributed by atoms with Crippen LogP contribution < -0.4 is 15.1 Å². The largest absolute Gasteiger partial charge is 0.497 e. The van der Waals surface area contributed by atoms with Crippen molar-refractivity contribution in [3.8, 4) is 5.75 Å². The summed E-state index contributed by atoms with van der Waals surface area (Å²) in [5.41, 5.74) is 3.51. The molecule has 0 saturated carbocycles. The molecule has 2 heterocycles. The number of benzene rings is 2. The third-order valence-corrected chi connectivity index (χ3v) is 4.87. The lowest BCUT2D eigenvalue weighted by Gasteiger charge is -2.34. The van der Waals surface area contributed by atoms with Crippen LogP contribution in [0.4, 0.5) is 5.69 Å². The number of nitrogens with one attached hydrogen (secondary N) is 2. The van der Waals surface area contributed by atoms with E-state index < -0.39 is 0 Å². The average Bonchev–Trinajstić information content (AvgIpc) is 3.23. The van der Waals surface area contributed by atoms with Crippen LogP contribution in [-0.4, -0.2) is 36.2 Å². The number of allylic oxidation sites excluding steroid dienone is 1. The molecule has 4 rings (SSSR count). The maximum absolute atomic E-state index is 12.9. The summed E-state index contributed by atoms with van der Waals surface area (Å²) >= 11 is 0. The topological polar surface area (TPSA) is 60.6 Å². The highest BCUT2D eigenvalue weighted by atomic mass is 16.5. The van der Waals surface area contributed by atoms with Crippen LogP contribution >= 0.6 is 0 Å². The number of H-pyrrole nitrogens is 1. The fourth-order valence-corrected chi connectivity index (χ4v) is 3.35. The minimum Gasteiger partial charge on any atom is -0.497 e. The number of rotatable bonds is 4. The summed E-state index contributed by atoms with van der Waals surface area (Å²) in [6.45, 7) is 2.03. The van der Waals surface area contributed by atoms with Crippen molar-refractivity contribution in [1.82, 2.24) is 15.3 Å². The number of nitrogens with zero attached hydrogens (tertiary/aromatic N) is 2. The first-order chi connectivity index (χ1) is 13.1. The van der Waals surface area contributed by atoms with Crippen molar-refractivity contribution in [2.24, 2.45) is 0 Å². The highest BCUT2D eigenvalue weighted by Crippen LogP contribution is 2.27. The zero-order valence-electron chi connectivity index (χ0n) is 15.6. The zero-order chi connectivity index (χ0) is 19.0. The SMILES string of the molecule is COc1ccc2[nH]c(C(=O)NC3C=C(C)N(C)N3c3ccccc3)cc2c1. The van der Waals surface area contributed by atoms with Gasteiger partial charge in [0.25, 0.3) is 5.91 Å². The van der Waals surface area contributed by atoms with Crippen LogP contribution in [0.25, 0.3) is 10.9 Å². The summed E-state index contributed by atoms with van der Waals surface area (Å²) in [6, 6.07) is 17.5. The summed E-state index contributed by atoms with van der Waals surface area (Å²) in [6.07, 6.45) is 1.78. The van der Waals surface area contributed by atoms with Gasteiger partial charge in [-0.3, -0.25) is 14.8 Å². The van der Waals surface area contributed by atoms with Crippen molar-refractivity contribution < 1.29 is 9.53 Å². The van der Waals surface area contributed by atoms with Crippen LogP contribution in [0.1, 0.15) is 17.4 Å². The van der Waals surface area contributed by atoms with Gasteiger partial charge in [-0.1, -0.05) is 18.2 Å². The number of fused-ring (bicyclic) bond motifs is 1. The van der Waals surface area contributed by atoms with Crippen molar-refractivity contribution in [3.05, 3.63) is 72.1 Å². The van der Waals surface area contributed by atoms with Gasteiger partial charge in [-0.15, -0.1) is 0 Å². The first-order valence-electron chi connectivity index (χ1n) is 8.81. The van der Waals surface area contributed by atoms with Gasteiger partial charge in [-0.25, -0.2) is 0 Å². The van der Waals surface area contributed by atoms with E-state index in [-0.39, 0.29) is 12.1 Å². The van der Waals surface area contributed by atoms with Crippen molar-refractivity contribution in [2.75, 3.05) is 19.2 Å². The molecular formula is C21H22N4O2. The normalized spacial score (nSPS) is 16.6. The van der Waals surface area contributed by atoms with E-state index in [2.05, 4.69) is 15.3 Å². The Morgan fingerprint density at radius 3 is 2.67 bits per heavy atom. The van der Waals surface area contributed by atoms with E-state index in [0.717, 1.165) is 28.0 Å². The molecule has 138 valence electrons. The number of amides is 1. The second-order valence-corrected chi connectivity index (χ2v) is 6.57. The van der Waals surface area contributed by atoms with E-state index in [9.17, 15) is 4.79 Å². The van der Waals surface area contributed by atoms with Crippen molar-refractivity contribution in [2.45, 2.75) is 13.1 Å². The lowest BCUT2D eigenvalue weighted by Crippen LogP contribution is -2.49. The minimum atomic E-state index is -0.258. The first-order valence-corrected chi connectivity index (χ1v) is 8.81. The van der Waals surface area contributed by atoms with Gasteiger partial charge in [-0.05, 0) is 49.4 Å². The standard InChI is InChI=1S/C21H22N4O2/c1-14-11-20(25(24(14)2)16-7-5-4-6-8-16)23-21(26)19-13-15-12-17(27-3)9-10-18(15)22-19/h4-13,20,22H,1-3H3,(H,23,26). The van der Waals surface area contributed by atoms with Gasteiger partial charge in [0.1, 0.15) is 17.6 Å². The van der Waals surface area contributed by atoms with E-state index in [4.69, 9.17) is 4.74 Å². The summed E-state index contributed by atoms with van der Waals surface area (Å²) in [5.74, 6) is 0.607. The molecule has 0 saturated heterocycles. The Morgan fingerprint density at radius 1 is 1.15 bits per heavy atom. The molecule has 0 bridgehead atoms. The summed E-state index contributed by atoms with van der Waals surface area (Å²) in [7, 11) is 3.62. The summed E-state index contributed by atoms with van der Waals surface area (Å²) in [5, 5.41) is 8.13. The second kappa shape index (κ2) is 6.72. The Kier molecular flexibility index (Phi) is 4.24. The highest BCUT2D eigenvalue weighted by molar-refractivity contribution is 5.98. The number of anilines is 1. The van der Waals surface area contributed by atoms with Crippen molar-refractivity contribution in [1.29, 1.82) is 0 Å².